The van der Waals surface area contributed by atoms with E-state index in [-0.39, 0.29) is 18.1 Å². The molecule has 0 saturated carbocycles. The highest BCUT2D eigenvalue weighted by Crippen LogP contribution is 2.32. The van der Waals surface area contributed by atoms with Gasteiger partial charge in [-0.1, -0.05) is 0 Å². The molecule has 1 amide bonds. The fourth-order valence-corrected chi connectivity index (χ4v) is 4.03. The summed E-state index contributed by atoms with van der Waals surface area (Å²) in [6, 6.07) is 16.4. The second kappa shape index (κ2) is 11.9. The highest BCUT2D eigenvalue weighted by molar-refractivity contribution is 5.94. The van der Waals surface area contributed by atoms with Gasteiger partial charge in [-0.3, -0.25) is 4.79 Å². The van der Waals surface area contributed by atoms with E-state index < -0.39 is 0 Å². The van der Waals surface area contributed by atoms with Gasteiger partial charge in [-0.15, -0.1) is 0 Å². The summed E-state index contributed by atoms with van der Waals surface area (Å²) in [6.45, 7) is 5.13. The first kappa shape index (κ1) is 26.1. The largest absolute Gasteiger partial charge is 0.488 e. The summed E-state index contributed by atoms with van der Waals surface area (Å²) < 4.78 is 17.4. The maximum Gasteiger partial charge on any atom is 0.251 e. The number of hydrogen-bond donors (Lipinski definition) is 2. The number of carbonyl (C=O) groups is 1. The molecule has 0 aliphatic heterocycles. The van der Waals surface area contributed by atoms with Gasteiger partial charge < -0.3 is 29.4 Å². The van der Waals surface area contributed by atoms with Crippen molar-refractivity contribution in [2.45, 2.75) is 26.0 Å². The zero-order valence-electron chi connectivity index (χ0n) is 21.8. The molecule has 0 radical (unpaired) electrons. The number of aromatic amines is 1. The van der Waals surface area contributed by atoms with E-state index in [1.165, 1.54) is 0 Å². The molecular weight excluding hydrogens is 470 g/mol. The van der Waals surface area contributed by atoms with Crippen LogP contribution in [0.25, 0.3) is 22.6 Å². The molecule has 4 aromatic rings. The van der Waals surface area contributed by atoms with Crippen LogP contribution in [0.5, 0.6) is 17.2 Å². The van der Waals surface area contributed by atoms with Gasteiger partial charge in [0.15, 0.2) is 5.65 Å². The Bertz CT molecular complexity index is 1300. The molecule has 9 nitrogen and oxygen atoms in total. The van der Waals surface area contributed by atoms with Crippen molar-refractivity contribution >= 4 is 17.1 Å². The summed E-state index contributed by atoms with van der Waals surface area (Å²) in [6.07, 6.45) is 1.57. The summed E-state index contributed by atoms with van der Waals surface area (Å²) >= 11 is 0. The second-order valence-electron chi connectivity index (χ2n) is 9.30. The quantitative estimate of drug-likeness (QED) is 0.310. The van der Waals surface area contributed by atoms with E-state index in [9.17, 15) is 4.79 Å². The van der Waals surface area contributed by atoms with Crippen LogP contribution in [0.15, 0.2) is 60.8 Å². The van der Waals surface area contributed by atoms with E-state index >= 15 is 0 Å². The third kappa shape index (κ3) is 7.05. The Morgan fingerprint density at radius 3 is 2.51 bits per heavy atom. The molecule has 2 atom stereocenters. The summed E-state index contributed by atoms with van der Waals surface area (Å²) in [7, 11) is 5.59. The average molecular weight is 504 g/mol. The molecule has 2 aromatic carbocycles. The predicted octanol–water partition coefficient (Wildman–Crippen LogP) is 4.51. The number of carbonyl (C=O) groups excluding carboxylic acids is 1. The zero-order valence-corrected chi connectivity index (χ0v) is 21.8. The van der Waals surface area contributed by atoms with Gasteiger partial charge in [-0.25, -0.2) is 9.97 Å². The van der Waals surface area contributed by atoms with Gasteiger partial charge >= 0.3 is 0 Å². The number of H-pyrrole nitrogens is 1. The zero-order chi connectivity index (χ0) is 26.4. The Morgan fingerprint density at radius 2 is 1.81 bits per heavy atom. The Morgan fingerprint density at radius 1 is 1.05 bits per heavy atom. The molecule has 2 N–H and O–H groups in total. The minimum absolute atomic E-state index is 0.0357. The normalized spacial score (nSPS) is 12.9. The number of rotatable bonds is 11. The maximum absolute atomic E-state index is 12.6. The lowest BCUT2D eigenvalue weighted by Gasteiger charge is -2.18. The lowest BCUT2D eigenvalue weighted by molar-refractivity contribution is 0.0920. The molecule has 0 aliphatic carbocycles. The van der Waals surface area contributed by atoms with Crippen molar-refractivity contribution in [3.63, 3.8) is 0 Å². The van der Waals surface area contributed by atoms with Gasteiger partial charge in [0.05, 0.1) is 6.61 Å². The number of aromatic nitrogens is 3. The van der Waals surface area contributed by atoms with Crippen molar-refractivity contribution in [1.29, 1.82) is 0 Å². The Balaban J connectivity index is 1.56. The molecule has 9 heteroatoms. The SMILES string of the molecule is COCC(C)Oc1cc(Oc2ccc(C(=O)NC(C)CN(C)C)cc2)cc(-c2nc3cccnc3[nH]2)c1. The Labute approximate surface area is 216 Å². The molecule has 2 heterocycles. The van der Waals surface area contributed by atoms with Crippen molar-refractivity contribution in [3.05, 3.63) is 66.4 Å². The molecule has 2 aromatic heterocycles. The summed E-state index contributed by atoms with van der Waals surface area (Å²) in [5, 5.41) is 3.01. The number of nitrogens with one attached hydrogen (secondary N) is 2. The molecule has 37 heavy (non-hydrogen) atoms. The topological polar surface area (TPSA) is 102 Å². The smallest absolute Gasteiger partial charge is 0.251 e. The van der Waals surface area contributed by atoms with E-state index in [4.69, 9.17) is 14.2 Å². The number of benzene rings is 2. The monoisotopic (exact) mass is 503 g/mol. The van der Waals surface area contributed by atoms with Crippen molar-refractivity contribution < 1.29 is 19.0 Å². The Kier molecular flexibility index (Phi) is 8.37. The van der Waals surface area contributed by atoms with E-state index in [2.05, 4.69) is 20.3 Å². The lowest BCUT2D eigenvalue weighted by Crippen LogP contribution is -2.39. The second-order valence-corrected chi connectivity index (χ2v) is 9.30. The number of ether oxygens (including phenoxy) is 3. The molecule has 0 aliphatic rings. The first-order valence-electron chi connectivity index (χ1n) is 12.2. The van der Waals surface area contributed by atoms with Crippen molar-refractivity contribution in [2.75, 3.05) is 34.4 Å². The third-order valence-electron chi connectivity index (χ3n) is 5.52. The maximum atomic E-state index is 12.6. The first-order chi connectivity index (χ1) is 17.8. The van der Waals surface area contributed by atoms with E-state index in [0.29, 0.717) is 40.9 Å². The summed E-state index contributed by atoms with van der Waals surface area (Å²) in [5.74, 6) is 2.32. The number of likely N-dealkylation sites (N-methyl/N-ethyl adjacent to an activating group) is 1. The van der Waals surface area contributed by atoms with Gasteiger partial charge in [0.1, 0.15) is 34.7 Å². The van der Waals surface area contributed by atoms with Gasteiger partial charge in [0, 0.05) is 43.1 Å². The number of fused-ring (bicyclic) bond motifs is 1. The van der Waals surface area contributed by atoms with E-state index in [1.807, 2.05) is 63.2 Å². The van der Waals surface area contributed by atoms with Crippen LogP contribution in [0.1, 0.15) is 24.2 Å². The number of hydrogen-bond acceptors (Lipinski definition) is 7. The van der Waals surface area contributed by atoms with Crippen LogP contribution in [-0.2, 0) is 4.74 Å². The lowest BCUT2D eigenvalue weighted by atomic mass is 10.1. The van der Waals surface area contributed by atoms with Crippen LogP contribution in [-0.4, -0.2) is 72.3 Å². The van der Waals surface area contributed by atoms with Gasteiger partial charge in [-0.2, -0.15) is 0 Å². The standard InChI is InChI=1S/C28H33N5O4/c1-18(16-33(3)4)30-28(34)20-8-10-22(11-9-20)37-24-14-21(13-23(15-24)36-19(2)17-35-5)26-31-25-7-6-12-29-27(25)32-26/h6-15,18-19H,16-17H2,1-5H3,(H,30,34)(H,29,31,32). The van der Waals surface area contributed by atoms with Gasteiger partial charge in [0.2, 0.25) is 0 Å². The van der Waals surface area contributed by atoms with Crippen LogP contribution < -0.4 is 14.8 Å². The summed E-state index contributed by atoms with van der Waals surface area (Å²) in [5.41, 5.74) is 2.83. The van der Waals surface area contributed by atoms with Crippen molar-refractivity contribution in [3.8, 4) is 28.6 Å². The number of pyridine rings is 1. The van der Waals surface area contributed by atoms with Crippen LogP contribution in [0.2, 0.25) is 0 Å². The first-order valence-corrected chi connectivity index (χ1v) is 12.2. The molecule has 2 unspecified atom stereocenters. The molecule has 4 rings (SSSR count). The van der Waals surface area contributed by atoms with Crippen molar-refractivity contribution in [1.82, 2.24) is 25.2 Å². The highest BCUT2D eigenvalue weighted by atomic mass is 16.5. The van der Waals surface area contributed by atoms with Crippen LogP contribution in [0, 0.1) is 0 Å². The number of nitrogens with zero attached hydrogens (tertiary/aromatic N) is 3. The molecule has 194 valence electrons. The Hall–Kier alpha value is -3.95. The number of methoxy groups -OCH3 is 1. The van der Waals surface area contributed by atoms with Gasteiger partial charge in [-0.05, 0) is 76.5 Å². The van der Waals surface area contributed by atoms with Crippen LogP contribution in [0.3, 0.4) is 0 Å². The van der Waals surface area contributed by atoms with E-state index in [1.54, 1.807) is 37.6 Å². The highest BCUT2D eigenvalue weighted by Gasteiger charge is 2.14. The number of imidazole rings is 1. The minimum Gasteiger partial charge on any atom is -0.488 e. The average Bonchev–Trinajstić information content (AvgIpc) is 3.28. The predicted molar refractivity (Wildman–Crippen MR) is 143 cm³/mol. The van der Waals surface area contributed by atoms with E-state index in [0.717, 1.165) is 17.6 Å². The number of amides is 1. The molecular formula is C28H33N5O4. The van der Waals surface area contributed by atoms with Gasteiger partial charge in [0.25, 0.3) is 5.91 Å². The molecule has 0 spiro atoms. The van der Waals surface area contributed by atoms with Crippen molar-refractivity contribution in [2.24, 2.45) is 0 Å². The van der Waals surface area contributed by atoms with Crippen LogP contribution in [0.4, 0.5) is 0 Å². The minimum atomic E-state index is -0.155. The fourth-order valence-electron chi connectivity index (χ4n) is 4.03. The molecule has 0 bridgehead atoms. The third-order valence-corrected chi connectivity index (χ3v) is 5.52. The van der Waals surface area contributed by atoms with Crippen LogP contribution >= 0.6 is 0 Å². The molecule has 0 fully saturated rings. The summed E-state index contributed by atoms with van der Waals surface area (Å²) in [4.78, 5) is 26.8. The molecule has 0 saturated heterocycles. The fraction of sp³-hybridized carbons (Fsp3) is 0.321.